The fourth-order valence-corrected chi connectivity index (χ4v) is 8.22. The minimum Gasteiger partial charge on any atom is -0.481 e. The van der Waals surface area contributed by atoms with Crippen LogP contribution in [0, 0.1) is 11.8 Å². The predicted octanol–water partition coefficient (Wildman–Crippen LogP) is -1.81. The standard InChI is InChI=1S/C42H70N10O12/c1-23(2)33-39(61)47-27(15-17-31(53)54)41(63)51-21-9-14-30(51)38(60)46-26(12-6-8-20-44)36(58)50-34(24(3)4)40(62)48-28(16-18-32(55)56)42(64)52-22-10-13-29(52)37(59)45-25(35(57)49-33)11-5-7-19-43/h23-30,33-34H,5-22,43-44H2,1-4H3,(H,45,59)(H,46,60)(H,47,61)(H,48,62)(H,49,57)(H,50,58)(H,53,54)(H,55,56)/t25-,26+,27-,28+,29+,30-,33+,34-. The van der Waals surface area contributed by atoms with Crippen LogP contribution in [0.5, 0.6) is 0 Å². The molecule has 3 heterocycles. The Morgan fingerprint density at radius 3 is 1.17 bits per heavy atom. The van der Waals surface area contributed by atoms with Crippen molar-refractivity contribution in [1.29, 1.82) is 0 Å². The average molecular weight is 907 g/mol. The molecule has 64 heavy (non-hydrogen) atoms. The largest absolute Gasteiger partial charge is 0.481 e. The maximum Gasteiger partial charge on any atom is 0.303 e. The lowest BCUT2D eigenvalue weighted by Gasteiger charge is -2.33. The second kappa shape index (κ2) is 25.8. The highest BCUT2D eigenvalue weighted by molar-refractivity contribution is 5.99. The van der Waals surface area contributed by atoms with Gasteiger partial charge < -0.3 is 63.4 Å². The number of hydrogen-bond donors (Lipinski definition) is 10. The molecule has 3 rings (SSSR count). The summed E-state index contributed by atoms with van der Waals surface area (Å²) >= 11 is 0. The molecule has 0 bridgehead atoms. The third-order valence-corrected chi connectivity index (χ3v) is 11.9. The van der Waals surface area contributed by atoms with Crippen molar-refractivity contribution in [3.05, 3.63) is 0 Å². The maximum atomic E-state index is 14.2. The van der Waals surface area contributed by atoms with E-state index in [-0.39, 0.29) is 64.7 Å². The van der Waals surface area contributed by atoms with Crippen molar-refractivity contribution >= 4 is 59.2 Å². The average Bonchev–Trinajstić information content (AvgIpc) is 3.94. The van der Waals surface area contributed by atoms with E-state index in [1.165, 1.54) is 9.80 Å². The van der Waals surface area contributed by atoms with Crippen LogP contribution in [0.3, 0.4) is 0 Å². The van der Waals surface area contributed by atoms with Gasteiger partial charge in [-0.3, -0.25) is 47.9 Å². The van der Waals surface area contributed by atoms with E-state index in [2.05, 4.69) is 31.9 Å². The molecule has 0 aromatic rings. The number of nitrogens with zero attached hydrogens (tertiary/aromatic N) is 2. The second-order valence-corrected chi connectivity index (χ2v) is 17.5. The summed E-state index contributed by atoms with van der Waals surface area (Å²) in [4.78, 5) is 139. The van der Waals surface area contributed by atoms with Crippen molar-refractivity contribution in [2.45, 2.75) is 166 Å². The molecule has 0 unspecified atom stereocenters. The Bertz CT molecular complexity index is 1570. The van der Waals surface area contributed by atoms with Crippen LogP contribution in [0.2, 0.25) is 0 Å². The molecule has 3 fully saturated rings. The lowest BCUT2D eigenvalue weighted by atomic mass is 9.99. The van der Waals surface area contributed by atoms with E-state index in [0.29, 0.717) is 38.5 Å². The van der Waals surface area contributed by atoms with Gasteiger partial charge in [0.2, 0.25) is 47.3 Å². The van der Waals surface area contributed by atoms with Gasteiger partial charge in [0.15, 0.2) is 0 Å². The number of hydrogen-bond acceptors (Lipinski definition) is 12. The number of nitrogens with one attached hydrogen (secondary N) is 6. The zero-order valence-electron chi connectivity index (χ0n) is 37.5. The van der Waals surface area contributed by atoms with Gasteiger partial charge in [-0.15, -0.1) is 0 Å². The Hall–Kier alpha value is -5.38. The first-order chi connectivity index (χ1) is 30.3. The van der Waals surface area contributed by atoms with Gasteiger partial charge >= 0.3 is 11.9 Å². The monoisotopic (exact) mass is 907 g/mol. The first-order valence-corrected chi connectivity index (χ1v) is 22.6. The van der Waals surface area contributed by atoms with Gasteiger partial charge in [-0.2, -0.15) is 0 Å². The number of carboxylic acid groups (broad SMARTS) is 2. The molecule has 12 N–H and O–H groups in total. The Morgan fingerprint density at radius 2 is 0.859 bits per heavy atom. The highest BCUT2D eigenvalue weighted by Gasteiger charge is 2.43. The van der Waals surface area contributed by atoms with Crippen LogP contribution in [0.1, 0.15) is 118 Å². The normalized spacial score (nSPS) is 27.2. The molecular weight excluding hydrogens is 837 g/mol. The van der Waals surface area contributed by atoms with Gasteiger partial charge in [-0.05, 0) is 102 Å². The Labute approximate surface area is 373 Å². The third-order valence-electron chi connectivity index (χ3n) is 11.9. The van der Waals surface area contributed by atoms with Crippen LogP contribution in [0.25, 0.3) is 0 Å². The second-order valence-electron chi connectivity index (χ2n) is 17.5. The first-order valence-electron chi connectivity index (χ1n) is 22.6. The van der Waals surface area contributed by atoms with Crippen LogP contribution >= 0.6 is 0 Å². The van der Waals surface area contributed by atoms with Gasteiger partial charge in [0.25, 0.3) is 0 Å². The molecule has 8 amide bonds. The molecule has 0 radical (unpaired) electrons. The molecule has 22 nitrogen and oxygen atoms in total. The number of carboxylic acids is 2. The van der Waals surface area contributed by atoms with E-state index in [4.69, 9.17) is 11.5 Å². The highest BCUT2D eigenvalue weighted by Crippen LogP contribution is 2.23. The molecule has 3 saturated heterocycles. The van der Waals surface area contributed by atoms with E-state index >= 15 is 0 Å². The lowest BCUT2D eigenvalue weighted by Crippen LogP contribution is -2.62. The van der Waals surface area contributed by atoms with E-state index in [9.17, 15) is 58.2 Å². The van der Waals surface area contributed by atoms with Crippen LogP contribution < -0.4 is 43.4 Å². The van der Waals surface area contributed by atoms with Gasteiger partial charge in [0.05, 0.1) is 0 Å². The molecule has 0 aliphatic carbocycles. The van der Waals surface area contributed by atoms with E-state index < -0.39 is 132 Å². The minimum atomic E-state index is -1.43. The summed E-state index contributed by atoms with van der Waals surface area (Å²) in [6.45, 7) is 7.28. The number of nitrogens with two attached hydrogens (primary N) is 2. The Kier molecular flexibility index (Phi) is 21.3. The molecule has 0 aromatic carbocycles. The van der Waals surface area contributed by atoms with Crippen molar-refractivity contribution < 1.29 is 58.2 Å². The molecule has 360 valence electrons. The van der Waals surface area contributed by atoms with Crippen molar-refractivity contribution in [2.24, 2.45) is 23.3 Å². The zero-order valence-corrected chi connectivity index (χ0v) is 37.5. The zero-order chi connectivity index (χ0) is 47.7. The highest BCUT2D eigenvalue weighted by atomic mass is 16.4. The molecule has 0 aromatic heterocycles. The minimum absolute atomic E-state index is 0.0741. The Morgan fingerprint density at radius 1 is 0.516 bits per heavy atom. The molecule has 22 heteroatoms. The van der Waals surface area contributed by atoms with Crippen molar-refractivity contribution in [3.63, 3.8) is 0 Å². The van der Waals surface area contributed by atoms with Crippen LogP contribution in [-0.4, -0.2) is 154 Å². The molecule has 3 aliphatic heterocycles. The van der Waals surface area contributed by atoms with E-state index in [1.54, 1.807) is 27.7 Å². The summed E-state index contributed by atoms with van der Waals surface area (Å²) in [5, 5.41) is 35.2. The van der Waals surface area contributed by atoms with Gasteiger partial charge in [-0.25, -0.2) is 0 Å². The molecule has 3 aliphatic rings. The number of carbonyl (C=O) groups is 10. The van der Waals surface area contributed by atoms with Crippen LogP contribution in [0.15, 0.2) is 0 Å². The summed E-state index contributed by atoms with van der Waals surface area (Å²) in [5.41, 5.74) is 11.4. The quantitative estimate of drug-likeness (QED) is 0.0764. The maximum absolute atomic E-state index is 14.2. The molecule has 8 atom stereocenters. The van der Waals surface area contributed by atoms with Crippen LogP contribution in [0.4, 0.5) is 0 Å². The van der Waals surface area contributed by atoms with E-state index in [1.807, 2.05) is 0 Å². The summed E-state index contributed by atoms with van der Waals surface area (Å²) in [6.07, 6.45) is 1.28. The van der Waals surface area contributed by atoms with Gasteiger partial charge in [0, 0.05) is 25.9 Å². The number of aliphatic carboxylic acids is 2. The van der Waals surface area contributed by atoms with Crippen molar-refractivity contribution in [1.82, 2.24) is 41.7 Å². The SMILES string of the molecule is CC(C)[C@@H]1NC(=O)[C@@H](CCCCN)NC(=O)[C@@H]2CCCN2C(=O)[C@H](CCC(=O)O)NC(=O)[C@@H](C(C)C)NC(=O)[C@H](CCCCN)NC(=O)[C@H]2CCCN2C(=O)[C@@H](CCC(=O)O)NC1=O. The fourth-order valence-electron chi connectivity index (χ4n) is 8.22. The summed E-state index contributed by atoms with van der Waals surface area (Å²) in [7, 11) is 0. The third kappa shape index (κ3) is 15.4. The van der Waals surface area contributed by atoms with E-state index in [0.717, 1.165) is 0 Å². The number of unbranched alkanes of at least 4 members (excludes halogenated alkanes) is 2. The fraction of sp³-hybridized carbons (Fsp3) is 0.762. The van der Waals surface area contributed by atoms with Gasteiger partial charge in [-0.1, -0.05) is 27.7 Å². The molecular formula is C42H70N10O12. The van der Waals surface area contributed by atoms with Crippen molar-refractivity contribution in [2.75, 3.05) is 26.2 Å². The number of amides is 8. The lowest BCUT2D eigenvalue weighted by molar-refractivity contribution is -0.144. The number of carbonyl (C=O) groups excluding carboxylic acids is 8. The summed E-state index contributed by atoms with van der Waals surface area (Å²) in [5.74, 6) is -9.65. The first kappa shape index (κ1) is 53.0. The summed E-state index contributed by atoms with van der Waals surface area (Å²) < 4.78 is 0. The molecule has 0 saturated carbocycles. The number of fused-ring (bicyclic) bond motifs is 2. The number of rotatable bonds is 16. The summed E-state index contributed by atoms with van der Waals surface area (Å²) in [6, 6.07) is -10.1. The topological polar surface area (TPSA) is 342 Å². The van der Waals surface area contributed by atoms with Gasteiger partial charge in [0.1, 0.15) is 48.3 Å². The predicted molar refractivity (Wildman–Crippen MR) is 230 cm³/mol. The smallest absolute Gasteiger partial charge is 0.303 e. The van der Waals surface area contributed by atoms with Crippen LogP contribution in [-0.2, 0) is 47.9 Å². The molecule has 0 spiro atoms. The Balaban J connectivity index is 2.14. The van der Waals surface area contributed by atoms with Crippen molar-refractivity contribution in [3.8, 4) is 0 Å².